The number of nitrogens with one attached hydrogen (secondary N) is 1. The van der Waals surface area contributed by atoms with Gasteiger partial charge in [-0.25, -0.2) is 0 Å². The van der Waals surface area contributed by atoms with Gasteiger partial charge in [-0.05, 0) is 31.4 Å². The van der Waals surface area contributed by atoms with Gasteiger partial charge < -0.3 is 14.6 Å². The Morgan fingerprint density at radius 2 is 2.20 bits per heavy atom. The number of aromatic nitrogens is 2. The standard InChI is InChI=1S/C18H24N4O2S/c1-14-20-21-18(24-14)25-13-17(23)19-16-8-5-10-22(12-16)11-9-15-6-3-2-4-7-15/h2-4,6-7,16H,5,8-13H2,1H3,(H,19,23)/t16-/m0/s1. The second-order valence-electron chi connectivity index (χ2n) is 6.32. The molecule has 1 fully saturated rings. The first-order valence-corrected chi connectivity index (χ1v) is 9.66. The zero-order valence-electron chi connectivity index (χ0n) is 14.5. The number of hydrogen-bond acceptors (Lipinski definition) is 6. The number of amides is 1. The Bertz CT molecular complexity index is 677. The largest absolute Gasteiger partial charge is 0.416 e. The summed E-state index contributed by atoms with van der Waals surface area (Å²) in [7, 11) is 0. The van der Waals surface area contributed by atoms with E-state index in [9.17, 15) is 4.79 Å². The lowest BCUT2D eigenvalue weighted by Crippen LogP contribution is -2.48. The van der Waals surface area contributed by atoms with E-state index >= 15 is 0 Å². The van der Waals surface area contributed by atoms with E-state index in [1.807, 2.05) is 6.07 Å². The third kappa shape index (κ3) is 5.86. The molecule has 2 heterocycles. The molecule has 0 radical (unpaired) electrons. The van der Waals surface area contributed by atoms with E-state index in [2.05, 4.69) is 44.7 Å². The molecule has 25 heavy (non-hydrogen) atoms. The van der Waals surface area contributed by atoms with Gasteiger partial charge >= 0.3 is 0 Å². The molecule has 0 spiro atoms. The third-order valence-electron chi connectivity index (χ3n) is 4.26. The van der Waals surface area contributed by atoms with Gasteiger partial charge in [0.25, 0.3) is 5.22 Å². The van der Waals surface area contributed by atoms with Crippen LogP contribution in [-0.2, 0) is 11.2 Å². The van der Waals surface area contributed by atoms with Gasteiger partial charge in [0.05, 0.1) is 5.75 Å². The molecule has 0 saturated carbocycles. The zero-order valence-corrected chi connectivity index (χ0v) is 15.3. The summed E-state index contributed by atoms with van der Waals surface area (Å²) in [5.41, 5.74) is 1.36. The zero-order chi connectivity index (χ0) is 17.5. The van der Waals surface area contributed by atoms with Crippen LogP contribution < -0.4 is 5.32 Å². The maximum Gasteiger partial charge on any atom is 0.277 e. The van der Waals surface area contributed by atoms with Gasteiger partial charge in [0.15, 0.2) is 0 Å². The lowest BCUT2D eigenvalue weighted by atomic mass is 10.0. The fraction of sp³-hybridized carbons (Fsp3) is 0.500. The summed E-state index contributed by atoms with van der Waals surface area (Å²) in [4.78, 5) is 14.6. The monoisotopic (exact) mass is 360 g/mol. The van der Waals surface area contributed by atoms with Gasteiger partial charge in [0, 0.05) is 26.1 Å². The van der Waals surface area contributed by atoms with E-state index in [1.54, 1.807) is 6.92 Å². The van der Waals surface area contributed by atoms with Gasteiger partial charge in [-0.3, -0.25) is 4.79 Å². The number of piperidine rings is 1. The third-order valence-corrected chi connectivity index (χ3v) is 5.08. The van der Waals surface area contributed by atoms with Crippen molar-refractivity contribution in [1.82, 2.24) is 20.4 Å². The van der Waals surface area contributed by atoms with Crippen LogP contribution in [0.15, 0.2) is 40.0 Å². The lowest BCUT2D eigenvalue weighted by molar-refractivity contribution is -0.119. The van der Waals surface area contributed by atoms with Crippen LogP contribution in [-0.4, -0.2) is 52.4 Å². The van der Waals surface area contributed by atoms with E-state index in [1.165, 1.54) is 17.3 Å². The molecule has 1 amide bonds. The van der Waals surface area contributed by atoms with Crippen LogP contribution in [0, 0.1) is 6.92 Å². The fourth-order valence-corrected chi connectivity index (χ4v) is 3.66. The molecular formula is C18H24N4O2S. The van der Waals surface area contributed by atoms with Crippen LogP contribution in [0.4, 0.5) is 0 Å². The number of hydrogen-bond donors (Lipinski definition) is 1. The molecule has 3 rings (SSSR count). The SMILES string of the molecule is Cc1nnc(SCC(=O)N[C@H]2CCCN(CCc3ccccc3)C2)o1. The highest BCUT2D eigenvalue weighted by atomic mass is 32.2. The number of benzene rings is 1. The molecule has 1 aliphatic heterocycles. The van der Waals surface area contributed by atoms with Crippen LogP contribution in [0.5, 0.6) is 0 Å². The topological polar surface area (TPSA) is 71.3 Å². The molecule has 1 atom stereocenters. The van der Waals surface area contributed by atoms with Crippen molar-refractivity contribution in [1.29, 1.82) is 0 Å². The Morgan fingerprint density at radius 1 is 1.36 bits per heavy atom. The molecule has 1 aromatic heterocycles. The Morgan fingerprint density at radius 3 is 2.96 bits per heavy atom. The summed E-state index contributed by atoms with van der Waals surface area (Å²) < 4.78 is 5.27. The fourth-order valence-electron chi connectivity index (χ4n) is 3.04. The predicted molar refractivity (Wildman–Crippen MR) is 97.5 cm³/mol. The number of carbonyl (C=O) groups is 1. The van der Waals surface area contributed by atoms with Gasteiger partial charge in [-0.15, -0.1) is 10.2 Å². The summed E-state index contributed by atoms with van der Waals surface area (Å²) in [6.07, 6.45) is 3.21. The summed E-state index contributed by atoms with van der Waals surface area (Å²) in [6, 6.07) is 10.8. The highest BCUT2D eigenvalue weighted by Gasteiger charge is 2.21. The van der Waals surface area contributed by atoms with Gasteiger partial charge in [-0.2, -0.15) is 0 Å². The highest BCUT2D eigenvalue weighted by Crippen LogP contribution is 2.16. The highest BCUT2D eigenvalue weighted by molar-refractivity contribution is 7.99. The van der Waals surface area contributed by atoms with E-state index in [-0.39, 0.29) is 11.9 Å². The summed E-state index contributed by atoms with van der Waals surface area (Å²) in [5.74, 6) is 0.849. The molecular weight excluding hydrogens is 336 g/mol. The number of rotatable bonds is 7. The van der Waals surface area contributed by atoms with Gasteiger partial charge in [-0.1, -0.05) is 42.1 Å². The summed E-state index contributed by atoms with van der Waals surface area (Å²) in [6.45, 7) is 4.80. The molecule has 1 saturated heterocycles. The van der Waals surface area contributed by atoms with Crippen LogP contribution >= 0.6 is 11.8 Å². The smallest absolute Gasteiger partial charge is 0.277 e. The van der Waals surface area contributed by atoms with Crippen molar-refractivity contribution in [3.8, 4) is 0 Å². The molecule has 0 bridgehead atoms. The van der Waals surface area contributed by atoms with E-state index < -0.39 is 0 Å². The van der Waals surface area contributed by atoms with E-state index in [4.69, 9.17) is 4.42 Å². The number of aryl methyl sites for hydroxylation is 1. The van der Waals surface area contributed by atoms with E-state index in [0.29, 0.717) is 16.9 Å². The lowest BCUT2D eigenvalue weighted by Gasteiger charge is -2.33. The van der Waals surface area contributed by atoms with Crippen molar-refractivity contribution in [3.63, 3.8) is 0 Å². The normalized spacial score (nSPS) is 18.2. The van der Waals surface area contributed by atoms with Crippen molar-refractivity contribution in [3.05, 3.63) is 41.8 Å². The minimum Gasteiger partial charge on any atom is -0.416 e. The van der Waals surface area contributed by atoms with Crippen molar-refractivity contribution < 1.29 is 9.21 Å². The first-order chi connectivity index (χ1) is 12.2. The van der Waals surface area contributed by atoms with E-state index in [0.717, 1.165) is 38.9 Å². The second kappa shape index (κ2) is 9.01. The second-order valence-corrected chi connectivity index (χ2v) is 7.25. The average molecular weight is 360 g/mol. The quantitative estimate of drug-likeness (QED) is 0.764. The Balaban J connectivity index is 1.39. The Labute approximate surface area is 152 Å². The number of likely N-dealkylation sites (tertiary alicyclic amines) is 1. The number of carbonyl (C=O) groups excluding carboxylic acids is 1. The molecule has 1 aromatic carbocycles. The molecule has 1 aliphatic rings. The molecule has 0 aliphatic carbocycles. The van der Waals surface area contributed by atoms with Crippen molar-refractivity contribution in [2.75, 3.05) is 25.4 Å². The Kier molecular flexibility index (Phi) is 6.47. The van der Waals surface area contributed by atoms with Crippen LogP contribution in [0.3, 0.4) is 0 Å². The summed E-state index contributed by atoms with van der Waals surface area (Å²) in [5, 5.41) is 11.2. The van der Waals surface area contributed by atoms with Crippen molar-refractivity contribution >= 4 is 17.7 Å². The van der Waals surface area contributed by atoms with Gasteiger partial charge in [0.2, 0.25) is 11.8 Å². The molecule has 1 N–H and O–H groups in total. The first kappa shape index (κ1) is 17.9. The average Bonchev–Trinajstić information content (AvgIpc) is 3.05. The van der Waals surface area contributed by atoms with Crippen molar-refractivity contribution in [2.45, 2.75) is 37.5 Å². The maximum atomic E-state index is 12.1. The van der Waals surface area contributed by atoms with Crippen molar-refractivity contribution in [2.24, 2.45) is 0 Å². The minimum atomic E-state index is 0.0239. The van der Waals surface area contributed by atoms with Crippen LogP contribution in [0.1, 0.15) is 24.3 Å². The Hall–Kier alpha value is -1.86. The molecule has 134 valence electrons. The molecule has 6 nitrogen and oxygen atoms in total. The van der Waals surface area contributed by atoms with Gasteiger partial charge in [0.1, 0.15) is 0 Å². The predicted octanol–water partition coefficient (Wildman–Crippen LogP) is 2.29. The van der Waals surface area contributed by atoms with Crippen LogP contribution in [0.25, 0.3) is 0 Å². The number of thioether (sulfide) groups is 1. The minimum absolute atomic E-state index is 0.0239. The molecule has 0 unspecified atom stereocenters. The number of nitrogens with zero attached hydrogens (tertiary/aromatic N) is 3. The first-order valence-electron chi connectivity index (χ1n) is 8.67. The van der Waals surface area contributed by atoms with Crippen LogP contribution in [0.2, 0.25) is 0 Å². The molecule has 7 heteroatoms. The maximum absolute atomic E-state index is 12.1. The summed E-state index contributed by atoms with van der Waals surface area (Å²) >= 11 is 1.28. The molecule has 2 aromatic rings.